The smallest absolute Gasteiger partial charge is 0.456 e. The number of methoxy groups -OCH3 is 1. The lowest BCUT2D eigenvalue weighted by atomic mass is 10.1. The second-order valence-electron chi connectivity index (χ2n) is 5.46. The Morgan fingerprint density at radius 2 is 1.88 bits per heavy atom. The van der Waals surface area contributed by atoms with Crippen LogP contribution < -0.4 is 4.13 Å². The van der Waals surface area contributed by atoms with Gasteiger partial charge in [0.25, 0.3) is 0 Å². The van der Waals surface area contributed by atoms with E-state index < -0.39 is 5.51 Å². The normalized spacial score (nSPS) is 23.4. The zero-order valence-electron chi connectivity index (χ0n) is 14.0. The highest BCUT2D eigenvalue weighted by Gasteiger charge is 2.31. The predicted octanol–water partition coefficient (Wildman–Crippen LogP) is 3.00. The van der Waals surface area contributed by atoms with Crippen LogP contribution in [0.2, 0.25) is 0 Å². The summed E-state index contributed by atoms with van der Waals surface area (Å²) in [4.78, 5) is 13.6. The van der Waals surface area contributed by atoms with Crippen molar-refractivity contribution in [2.45, 2.75) is 37.9 Å². The summed E-state index contributed by atoms with van der Waals surface area (Å²) in [7, 11) is 1.39. The highest BCUT2D eigenvalue weighted by atomic mass is 32.2. The summed E-state index contributed by atoms with van der Waals surface area (Å²) in [5, 5.41) is 0. The summed E-state index contributed by atoms with van der Waals surface area (Å²) in [6.45, 7) is 6.17. The van der Waals surface area contributed by atoms with Crippen LogP contribution in [-0.2, 0) is 9.53 Å². The van der Waals surface area contributed by atoms with Gasteiger partial charge in [0.15, 0.2) is 0 Å². The standard InChI is InChI=1S/C13H24F3N3O2S3/c1-10-7-18(8-11(2)19(10)9-12(20)21-3)23-6-4-5-22-17-24-13(14,15)16/h10-11,17H,4-9H2,1-3H3. The van der Waals surface area contributed by atoms with Crippen molar-refractivity contribution in [3.63, 3.8) is 0 Å². The number of halogens is 3. The first kappa shape index (κ1) is 22.2. The van der Waals surface area contributed by atoms with E-state index in [1.165, 1.54) is 7.11 Å². The van der Waals surface area contributed by atoms with Gasteiger partial charge in [0.2, 0.25) is 0 Å². The third kappa shape index (κ3) is 9.04. The van der Waals surface area contributed by atoms with Gasteiger partial charge in [-0.3, -0.25) is 9.69 Å². The Labute approximate surface area is 154 Å². The van der Waals surface area contributed by atoms with E-state index in [0.717, 1.165) is 37.2 Å². The molecule has 5 nitrogen and oxygen atoms in total. The van der Waals surface area contributed by atoms with Gasteiger partial charge in [-0.15, -0.1) is 0 Å². The first-order chi connectivity index (χ1) is 11.2. The van der Waals surface area contributed by atoms with Gasteiger partial charge in [-0.05, 0) is 20.3 Å². The van der Waals surface area contributed by atoms with Gasteiger partial charge in [0.05, 0.1) is 13.7 Å². The van der Waals surface area contributed by atoms with Gasteiger partial charge < -0.3 is 4.74 Å². The molecule has 142 valence electrons. The van der Waals surface area contributed by atoms with Crippen LogP contribution >= 0.6 is 35.8 Å². The molecule has 24 heavy (non-hydrogen) atoms. The fourth-order valence-corrected chi connectivity index (χ4v) is 4.97. The predicted molar refractivity (Wildman–Crippen MR) is 95.5 cm³/mol. The Hall–Kier alpha value is 0.190. The molecule has 1 aliphatic heterocycles. The van der Waals surface area contributed by atoms with E-state index in [-0.39, 0.29) is 30.0 Å². The molecule has 0 saturated carbocycles. The van der Waals surface area contributed by atoms with E-state index in [0.29, 0.717) is 12.3 Å². The van der Waals surface area contributed by atoms with Gasteiger partial charge in [0.1, 0.15) is 0 Å². The maximum absolute atomic E-state index is 11.9. The number of nitrogens with one attached hydrogen (secondary N) is 1. The maximum Gasteiger partial charge on any atom is 0.456 e. The van der Waals surface area contributed by atoms with Gasteiger partial charge in [-0.2, -0.15) is 13.2 Å². The van der Waals surface area contributed by atoms with E-state index in [4.69, 9.17) is 4.74 Å². The fourth-order valence-electron chi connectivity index (χ4n) is 2.38. The molecule has 2 atom stereocenters. The molecule has 0 aliphatic carbocycles. The Morgan fingerprint density at radius 3 is 2.42 bits per heavy atom. The molecule has 0 radical (unpaired) electrons. The van der Waals surface area contributed by atoms with Crippen LogP contribution in [0.4, 0.5) is 13.2 Å². The molecular weight excluding hydrogens is 383 g/mol. The second-order valence-corrected chi connectivity index (χ2v) is 8.67. The van der Waals surface area contributed by atoms with Crippen molar-refractivity contribution in [3.8, 4) is 0 Å². The number of hydrogen-bond acceptors (Lipinski definition) is 8. The van der Waals surface area contributed by atoms with Crippen LogP contribution in [0.25, 0.3) is 0 Å². The number of nitrogens with zero attached hydrogens (tertiary/aromatic N) is 2. The number of piperazine rings is 1. The molecule has 2 unspecified atom stereocenters. The van der Waals surface area contributed by atoms with Crippen LogP contribution in [-0.4, -0.2) is 71.0 Å². The third-order valence-electron chi connectivity index (χ3n) is 3.49. The molecule has 0 bridgehead atoms. The second kappa shape index (κ2) is 11.0. The van der Waals surface area contributed by atoms with Crippen molar-refractivity contribution >= 4 is 41.8 Å². The number of esters is 1. The lowest BCUT2D eigenvalue weighted by Crippen LogP contribution is -2.56. The minimum Gasteiger partial charge on any atom is -0.468 e. The van der Waals surface area contributed by atoms with Crippen molar-refractivity contribution in [2.75, 3.05) is 38.2 Å². The van der Waals surface area contributed by atoms with E-state index in [1.807, 2.05) is 0 Å². The summed E-state index contributed by atoms with van der Waals surface area (Å²) in [6, 6.07) is 0.499. The Morgan fingerprint density at radius 1 is 1.25 bits per heavy atom. The molecule has 0 aromatic heterocycles. The summed E-state index contributed by atoms with van der Waals surface area (Å²) in [5.74, 6) is 1.27. The van der Waals surface area contributed by atoms with E-state index >= 15 is 0 Å². The van der Waals surface area contributed by atoms with Crippen LogP contribution in [0.3, 0.4) is 0 Å². The van der Waals surface area contributed by atoms with Crippen LogP contribution in [0, 0.1) is 0 Å². The Balaban J connectivity index is 2.16. The monoisotopic (exact) mass is 407 g/mol. The molecule has 1 N–H and O–H groups in total. The first-order valence-corrected chi connectivity index (χ1v) is 10.3. The summed E-state index contributed by atoms with van der Waals surface area (Å²) in [5.41, 5.74) is -4.24. The maximum atomic E-state index is 11.9. The molecule has 1 aliphatic rings. The zero-order chi connectivity index (χ0) is 18.2. The zero-order valence-corrected chi connectivity index (χ0v) is 16.4. The van der Waals surface area contributed by atoms with Crippen LogP contribution in [0.5, 0.6) is 0 Å². The molecule has 0 amide bonds. The lowest BCUT2D eigenvalue weighted by Gasteiger charge is -2.43. The highest BCUT2D eigenvalue weighted by molar-refractivity contribution is 8.13. The Bertz CT molecular complexity index is 379. The van der Waals surface area contributed by atoms with Crippen molar-refractivity contribution in [2.24, 2.45) is 0 Å². The van der Waals surface area contributed by atoms with Gasteiger partial charge in [0, 0.05) is 48.6 Å². The molecule has 1 fully saturated rings. The minimum absolute atomic E-state index is 0.220. The van der Waals surface area contributed by atoms with Crippen molar-refractivity contribution in [1.82, 2.24) is 13.3 Å². The molecule has 0 aromatic rings. The van der Waals surface area contributed by atoms with Crippen molar-refractivity contribution in [1.29, 1.82) is 0 Å². The van der Waals surface area contributed by atoms with E-state index in [2.05, 4.69) is 27.2 Å². The molecule has 0 spiro atoms. The van der Waals surface area contributed by atoms with Gasteiger partial charge in [-0.25, -0.2) is 8.43 Å². The SMILES string of the molecule is COC(=O)CN1C(C)CN(SCCCSNSC(F)(F)F)CC1C. The quantitative estimate of drug-likeness (QED) is 0.356. The van der Waals surface area contributed by atoms with Crippen LogP contribution in [0.15, 0.2) is 0 Å². The summed E-state index contributed by atoms with van der Waals surface area (Å²) >= 11 is 2.57. The lowest BCUT2D eigenvalue weighted by molar-refractivity contribution is -0.143. The fraction of sp³-hybridized carbons (Fsp3) is 0.923. The number of rotatable bonds is 9. The number of alkyl halides is 3. The van der Waals surface area contributed by atoms with Crippen molar-refractivity contribution in [3.05, 3.63) is 0 Å². The molecular formula is C13H24F3N3O2S3. The molecule has 1 rings (SSSR count). The third-order valence-corrected chi connectivity index (χ3v) is 6.15. The molecule has 11 heteroatoms. The average Bonchev–Trinajstić information content (AvgIpc) is 2.48. The summed E-state index contributed by atoms with van der Waals surface area (Å²) < 4.78 is 45.0. The van der Waals surface area contributed by atoms with Crippen LogP contribution in [0.1, 0.15) is 20.3 Å². The molecule has 1 heterocycles. The van der Waals surface area contributed by atoms with E-state index in [1.54, 1.807) is 11.9 Å². The minimum atomic E-state index is -4.24. The number of hydrogen-bond donors (Lipinski definition) is 1. The van der Waals surface area contributed by atoms with E-state index in [9.17, 15) is 18.0 Å². The number of ether oxygens (including phenoxy) is 1. The number of carbonyl (C=O) groups excluding carboxylic acids is 1. The molecule has 0 aromatic carbocycles. The molecule has 1 saturated heterocycles. The Kier molecular flexibility index (Phi) is 10.2. The van der Waals surface area contributed by atoms with Gasteiger partial charge >= 0.3 is 11.5 Å². The average molecular weight is 408 g/mol. The number of carbonyl (C=O) groups is 1. The highest BCUT2D eigenvalue weighted by Crippen LogP contribution is 2.29. The topological polar surface area (TPSA) is 44.8 Å². The summed E-state index contributed by atoms with van der Waals surface area (Å²) in [6.07, 6.45) is 0.825. The largest absolute Gasteiger partial charge is 0.468 e. The van der Waals surface area contributed by atoms with Crippen molar-refractivity contribution < 1.29 is 22.7 Å². The first-order valence-electron chi connectivity index (χ1n) is 7.55. The van der Waals surface area contributed by atoms with Gasteiger partial charge in [-0.1, -0.05) is 23.9 Å².